The van der Waals surface area contributed by atoms with Crippen LogP contribution >= 0.6 is 0 Å². The normalized spacial score (nSPS) is 17.1. The highest BCUT2D eigenvalue weighted by Gasteiger charge is 2.29. The highest BCUT2D eigenvalue weighted by molar-refractivity contribution is 6.06. The largest absolute Gasteiger partial charge is 0.376 e. The van der Waals surface area contributed by atoms with Crippen LogP contribution < -0.4 is 10.2 Å². The van der Waals surface area contributed by atoms with E-state index in [0.717, 1.165) is 54.1 Å². The van der Waals surface area contributed by atoms with Gasteiger partial charge in [-0.25, -0.2) is 4.79 Å². The monoisotopic (exact) mass is 487 g/mol. The van der Waals surface area contributed by atoms with Gasteiger partial charge in [0.05, 0.1) is 24.9 Å². The van der Waals surface area contributed by atoms with Gasteiger partial charge in [0, 0.05) is 55.7 Å². The van der Waals surface area contributed by atoms with Gasteiger partial charge < -0.3 is 19.9 Å². The van der Waals surface area contributed by atoms with Gasteiger partial charge in [-0.05, 0) is 44.0 Å². The third-order valence-corrected chi connectivity index (χ3v) is 7.04. The maximum Gasteiger partial charge on any atom is 0.317 e. The summed E-state index contributed by atoms with van der Waals surface area (Å²) in [5, 5.41) is 7.83. The molecule has 0 saturated carbocycles. The van der Waals surface area contributed by atoms with E-state index in [4.69, 9.17) is 9.84 Å². The second kappa shape index (κ2) is 10.5. The minimum atomic E-state index is -0.0819. The molecule has 36 heavy (non-hydrogen) atoms. The Kier molecular flexibility index (Phi) is 7.04. The standard InChI is InChI=1S/C28H33N5O3/c1-20-10-12-21(13-11-20)27(34)33(22-7-4-3-5-8-22)19-25-24-18-32(15-14-26(24)31(2)30-25)28(35)29-17-23-9-6-16-36-23/h3-5,7-8,10-13,23H,6,9,14-19H2,1-2H3,(H,29,35). The third-order valence-electron chi connectivity index (χ3n) is 7.04. The predicted octanol–water partition coefficient (Wildman–Crippen LogP) is 3.82. The number of ether oxygens (including phenoxy) is 1. The molecule has 1 atom stereocenters. The zero-order chi connectivity index (χ0) is 25.1. The number of aromatic nitrogens is 2. The molecule has 0 spiro atoms. The lowest BCUT2D eigenvalue weighted by atomic mass is 10.0. The maximum absolute atomic E-state index is 13.6. The van der Waals surface area contributed by atoms with Crippen molar-refractivity contribution in [2.75, 3.05) is 24.6 Å². The fourth-order valence-electron chi connectivity index (χ4n) is 4.98. The van der Waals surface area contributed by atoms with Crippen molar-refractivity contribution in [2.45, 2.75) is 45.4 Å². The van der Waals surface area contributed by atoms with Crippen LogP contribution in [0.4, 0.5) is 10.5 Å². The fourth-order valence-corrected chi connectivity index (χ4v) is 4.98. The van der Waals surface area contributed by atoms with Crippen LogP contribution in [0.1, 0.15) is 45.7 Å². The van der Waals surface area contributed by atoms with Crippen molar-refractivity contribution in [1.82, 2.24) is 20.0 Å². The Labute approximate surface area is 211 Å². The lowest BCUT2D eigenvalue weighted by Crippen LogP contribution is -2.45. The summed E-state index contributed by atoms with van der Waals surface area (Å²) in [6.07, 6.45) is 2.87. The predicted molar refractivity (Wildman–Crippen MR) is 138 cm³/mol. The zero-order valence-electron chi connectivity index (χ0n) is 20.9. The number of anilines is 1. The Hall–Kier alpha value is -3.65. The highest BCUT2D eigenvalue weighted by Crippen LogP contribution is 2.26. The average Bonchev–Trinajstić information content (AvgIpc) is 3.54. The van der Waals surface area contributed by atoms with E-state index in [1.54, 1.807) is 4.90 Å². The lowest BCUT2D eigenvalue weighted by Gasteiger charge is -2.29. The van der Waals surface area contributed by atoms with Gasteiger partial charge in [0.25, 0.3) is 5.91 Å². The van der Waals surface area contributed by atoms with Gasteiger partial charge in [-0.2, -0.15) is 5.10 Å². The molecule has 8 nitrogen and oxygen atoms in total. The number of carbonyl (C=O) groups excluding carboxylic acids is 2. The summed E-state index contributed by atoms with van der Waals surface area (Å²) in [6.45, 7) is 4.74. The third kappa shape index (κ3) is 5.14. The molecule has 1 unspecified atom stereocenters. The number of amides is 3. The number of carbonyl (C=O) groups is 2. The van der Waals surface area contributed by atoms with E-state index in [1.165, 1.54) is 0 Å². The molecule has 1 saturated heterocycles. The van der Waals surface area contributed by atoms with Crippen molar-refractivity contribution in [3.05, 3.63) is 82.7 Å². The smallest absolute Gasteiger partial charge is 0.317 e. The SMILES string of the molecule is Cc1ccc(C(=O)N(Cc2nn(C)c3c2CN(C(=O)NCC2CCCO2)CC3)c2ccccc2)cc1. The van der Waals surface area contributed by atoms with Crippen molar-refractivity contribution in [3.63, 3.8) is 0 Å². The van der Waals surface area contributed by atoms with Crippen molar-refractivity contribution in [3.8, 4) is 0 Å². The van der Waals surface area contributed by atoms with E-state index >= 15 is 0 Å². The van der Waals surface area contributed by atoms with E-state index in [0.29, 0.717) is 31.7 Å². The minimum Gasteiger partial charge on any atom is -0.376 e. The van der Waals surface area contributed by atoms with Crippen molar-refractivity contribution in [2.24, 2.45) is 7.05 Å². The van der Waals surface area contributed by atoms with Gasteiger partial charge in [0.15, 0.2) is 0 Å². The first-order valence-corrected chi connectivity index (χ1v) is 12.6. The van der Waals surface area contributed by atoms with Crippen LogP contribution in [-0.4, -0.2) is 52.4 Å². The summed E-state index contributed by atoms with van der Waals surface area (Å²) in [4.78, 5) is 30.1. The van der Waals surface area contributed by atoms with Crippen LogP contribution in [0.2, 0.25) is 0 Å². The molecular formula is C28H33N5O3. The van der Waals surface area contributed by atoms with E-state index in [1.807, 2.05) is 78.2 Å². The molecule has 3 heterocycles. The molecule has 188 valence electrons. The van der Waals surface area contributed by atoms with Gasteiger partial charge in [-0.15, -0.1) is 0 Å². The van der Waals surface area contributed by atoms with Crippen LogP contribution in [0.25, 0.3) is 0 Å². The zero-order valence-corrected chi connectivity index (χ0v) is 20.9. The summed E-state index contributed by atoms with van der Waals surface area (Å²) in [6, 6.07) is 17.2. The van der Waals surface area contributed by atoms with Crippen LogP contribution in [-0.2, 0) is 31.3 Å². The quantitative estimate of drug-likeness (QED) is 0.573. The Bertz CT molecular complexity index is 1220. The Balaban J connectivity index is 1.37. The van der Waals surface area contributed by atoms with Crippen LogP contribution in [0.3, 0.4) is 0 Å². The van der Waals surface area contributed by atoms with E-state index in [2.05, 4.69) is 5.32 Å². The number of urea groups is 1. The summed E-state index contributed by atoms with van der Waals surface area (Å²) >= 11 is 0. The number of nitrogens with zero attached hydrogens (tertiary/aromatic N) is 4. The number of para-hydroxylation sites is 1. The number of hydrogen-bond acceptors (Lipinski definition) is 4. The molecular weight excluding hydrogens is 454 g/mol. The van der Waals surface area contributed by atoms with Crippen molar-refractivity contribution in [1.29, 1.82) is 0 Å². The molecule has 1 aromatic heterocycles. The molecule has 1 fully saturated rings. The van der Waals surface area contributed by atoms with Crippen LogP contribution in [0.5, 0.6) is 0 Å². The van der Waals surface area contributed by atoms with Crippen molar-refractivity contribution < 1.29 is 14.3 Å². The van der Waals surface area contributed by atoms with Gasteiger partial charge in [0.2, 0.25) is 0 Å². The summed E-state index contributed by atoms with van der Waals surface area (Å²) in [5.74, 6) is -0.0809. The van der Waals surface area contributed by atoms with Gasteiger partial charge in [0.1, 0.15) is 0 Å². The first-order chi connectivity index (χ1) is 17.5. The molecule has 0 bridgehead atoms. The first-order valence-electron chi connectivity index (χ1n) is 12.6. The van der Waals surface area contributed by atoms with E-state index < -0.39 is 0 Å². The van der Waals surface area contributed by atoms with Crippen LogP contribution in [0.15, 0.2) is 54.6 Å². The number of rotatable bonds is 6. The molecule has 1 N–H and O–H groups in total. The lowest BCUT2D eigenvalue weighted by molar-refractivity contribution is 0.0984. The van der Waals surface area contributed by atoms with E-state index in [9.17, 15) is 9.59 Å². The Morgan fingerprint density at radius 1 is 1.14 bits per heavy atom. The Morgan fingerprint density at radius 2 is 1.92 bits per heavy atom. The van der Waals surface area contributed by atoms with Gasteiger partial charge >= 0.3 is 6.03 Å². The fraction of sp³-hybridized carbons (Fsp3) is 0.393. The molecule has 0 radical (unpaired) electrons. The highest BCUT2D eigenvalue weighted by atomic mass is 16.5. The molecule has 3 aromatic rings. The summed E-state index contributed by atoms with van der Waals surface area (Å²) < 4.78 is 7.53. The summed E-state index contributed by atoms with van der Waals surface area (Å²) in [5.41, 5.74) is 5.49. The second-order valence-corrected chi connectivity index (χ2v) is 9.58. The molecule has 2 aliphatic rings. The van der Waals surface area contributed by atoms with Gasteiger partial charge in [-0.1, -0.05) is 35.9 Å². The number of nitrogens with one attached hydrogen (secondary N) is 1. The maximum atomic E-state index is 13.6. The number of benzene rings is 2. The van der Waals surface area contributed by atoms with E-state index in [-0.39, 0.29) is 18.0 Å². The average molecular weight is 488 g/mol. The molecule has 5 rings (SSSR count). The first kappa shape index (κ1) is 24.1. The van der Waals surface area contributed by atoms with Gasteiger partial charge in [-0.3, -0.25) is 9.48 Å². The van der Waals surface area contributed by atoms with Crippen LogP contribution in [0, 0.1) is 6.92 Å². The minimum absolute atomic E-state index is 0.0809. The molecule has 2 aliphatic heterocycles. The Morgan fingerprint density at radius 3 is 2.64 bits per heavy atom. The topological polar surface area (TPSA) is 79.7 Å². The molecule has 8 heteroatoms. The molecule has 2 aromatic carbocycles. The number of fused-ring (bicyclic) bond motifs is 1. The number of hydrogen-bond donors (Lipinski definition) is 1. The summed E-state index contributed by atoms with van der Waals surface area (Å²) in [7, 11) is 1.93. The molecule has 0 aliphatic carbocycles. The van der Waals surface area contributed by atoms with Crippen molar-refractivity contribution >= 4 is 17.6 Å². The molecule has 3 amide bonds. The second-order valence-electron chi connectivity index (χ2n) is 9.58. The number of aryl methyl sites for hydroxylation is 2.